The topological polar surface area (TPSA) is 41.0 Å². The molecule has 4 nitrogen and oxygen atoms in total. The van der Waals surface area contributed by atoms with E-state index in [9.17, 15) is 0 Å². The Balaban J connectivity index is 2.39. The van der Waals surface area contributed by atoms with E-state index in [4.69, 9.17) is 0 Å². The molecule has 20 heavy (non-hydrogen) atoms. The van der Waals surface area contributed by atoms with Crippen LogP contribution in [0.2, 0.25) is 0 Å². The summed E-state index contributed by atoms with van der Waals surface area (Å²) >= 11 is 0. The lowest BCUT2D eigenvalue weighted by atomic mass is 10.2. The number of hydrogen-bond donors (Lipinski definition) is 1. The first-order valence-electron chi connectivity index (χ1n) is 7.03. The number of rotatable bonds is 5. The Morgan fingerprint density at radius 3 is 2.45 bits per heavy atom. The molecule has 0 radical (unpaired) electrons. The summed E-state index contributed by atoms with van der Waals surface area (Å²) in [7, 11) is 2.03. The summed E-state index contributed by atoms with van der Waals surface area (Å²) in [6.45, 7) is 7.13. The number of aromatic nitrogens is 2. The second kappa shape index (κ2) is 6.37. The van der Waals surface area contributed by atoms with Crippen molar-refractivity contribution in [1.29, 1.82) is 0 Å². The predicted octanol–water partition coefficient (Wildman–Crippen LogP) is 3.80. The maximum Gasteiger partial charge on any atom is 0.138 e. The van der Waals surface area contributed by atoms with Gasteiger partial charge in [0.1, 0.15) is 17.5 Å². The molecule has 0 atom stereocenters. The molecule has 2 rings (SSSR count). The minimum absolute atomic E-state index is 0.302. The Morgan fingerprint density at radius 1 is 1.15 bits per heavy atom. The summed E-state index contributed by atoms with van der Waals surface area (Å²) < 4.78 is 0. The third-order valence-electron chi connectivity index (χ3n) is 3.09. The van der Waals surface area contributed by atoms with Gasteiger partial charge in [-0.3, -0.25) is 0 Å². The number of anilines is 3. The Labute approximate surface area is 120 Å². The number of nitrogens with zero attached hydrogens (tertiary/aromatic N) is 3. The summed E-state index contributed by atoms with van der Waals surface area (Å²) in [5.41, 5.74) is 1.11. The van der Waals surface area contributed by atoms with Gasteiger partial charge in [-0.2, -0.15) is 0 Å². The van der Waals surface area contributed by atoms with Crippen LogP contribution in [0.25, 0.3) is 0 Å². The van der Waals surface area contributed by atoms with Crippen LogP contribution in [0.4, 0.5) is 17.3 Å². The minimum Gasteiger partial charge on any atom is -0.370 e. The van der Waals surface area contributed by atoms with Crippen LogP contribution in [0.3, 0.4) is 0 Å². The standard InChI is InChI=1S/C16H22N4/c1-5-17-14-11-15(19-16(18-14)12(2)3)20(4)13-9-7-6-8-10-13/h6-12H,5H2,1-4H3,(H,17,18,19). The van der Waals surface area contributed by atoms with Crippen molar-refractivity contribution >= 4 is 17.3 Å². The van der Waals surface area contributed by atoms with E-state index in [1.165, 1.54) is 0 Å². The van der Waals surface area contributed by atoms with Crippen LogP contribution in [-0.2, 0) is 0 Å². The minimum atomic E-state index is 0.302. The van der Waals surface area contributed by atoms with Gasteiger partial charge >= 0.3 is 0 Å². The molecule has 2 aromatic rings. The molecule has 0 spiro atoms. The lowest BCUT2D eigenvalue weighted by Gasteiger charge is -2.20. The molecular formula is C16H22N4. The van der Waals surface area contributed by atoms with Crippen molar-refractivity contribution in [2.24, 2.45) is 0 Å². The van der Waals surface area contributed by atoms with E-state index in [2.05, 4.69) is 53.1 Å². The molecule has 0 aliphatic heterocycles. The Kier molecular flexibility index (Phi) is 4.56. The van der Waals surface area contributed by atoms with Gasteiger partial charge in [0, 0.05) is 31.3 Å². The van der Waals surface area contributed by atoms with Crippen LogP contribution < -0.4 is 10.2 Å². The van der Waals surface area contributed by atoms with Crippen molar-refractivity contribution < 1.29 is 0 Å². The number of nitrogens with one attached hydrogen (secondary N) is 1. The van der Waals surface area contributed by atoms with Crippen molar-refractivity contribution in [3.05, 3.63) is 42.2 Å². The molecule has 1 N–H and O–H groups in total. The highest BCUT2D eigenvalue weighted by Gasteiger charge is 2.11. The van der Waals surface area contributed by atoms with Crippen LogP contribution >= 0.6 is 0 Å². The van der Waals surface area contributed by atoms with Crippen LogP contribution in [0.15, 0.2) is 36.4 Å². The Hall–Kier alpha value is -2.10. The highest BCUT2D eigenvalue weighted by molar-refractivity contribution is 5.61. The molecule has 1 aromatic carbocycles. The largest absolute Gasteiger partial charge is 0.370 e. The average Bonchev–Trinajstić information content (AvgIpc) is 2.47. The first-order chi connectivity index (χ1) is 9.61. The van der Waals surface area contributed by atoms with E-state index in [0.717, 1.165) is 29.7 Å². The van der Waals surface area contributed by atoms with Crippen LogP contribution in [0, 0.1) is 0 Å². The van der Waals surface area contributed by atoms with Gasteiger partial charge in [-0.15, -0.1) is 0 Å². The van der Waals surface area contributed by atoms with Gasteiger partial charge in [0.05, 0.1) is 0 Å². The van der Waals surface area contributed by atoms with E-state index in [1.807, 2.05) is 31.3 Å². The van der Waals surface area contributed by atoms with E-state index in [0.29, 0.717) is 5.92 Å². The highest BCUT2D eigenvalue weighted by Crippen LogP contribution is 2.25. The number of para-hydroxylation sites is 1. The average molecular weight is 270 g/mol. The molecule has 0 saturated heterocycles. The maximum absolute atomic E-state index is 4.67. The molecule has 4 heteroatoms. The SMILES string of the molecule is CCNc1cc(N(C)c2ccccc2)nc(C(C)C)n1. The first-order valence-corrected chi connectivity index (χ1v) is 7.03. The normalized spacial score (nSPS) is 10.7. The molecule has 0 amide bonds. The second-order valence-corrected chi connectivity index (χ2v) is 5.05. The van der Waals surface area contributed by atoms with Gasteiger partial charge in [-0.1, -0.05) is 32.0 Å². The van der Waals surface area contributed by atoms with Crippen molar-refractivity contribution in [3.8, 4) is 0 Å². The van der Waals surface area contributed by atoms with Gasteiger partial charge in [-0.05, 0) is 19.1 Å². The Bertz CT molecular complexity index is 552. The number of hydrogen-bond acceptors (Lipinski definition) is 4. The summed E-state index contributed by atoms with van der Waals surface area (Å²) in [6.07, 6.45) is 0. The van der Waals surface area contributed by atoms with E-state index in [-0.39, 0.29) is 0 Å². The molecule has 0 saturated carbocycles. The fraction of sp³-hybridized carbons (Fsp3) is 0.375. The van der Waals surface area contributed by atoms with Crippen molar-refractivity contribution in [1.82, 2.24) is 9.97 Å². The molecule has 0 bridgehead atoms. The van der Waals surface area contributed by atoms with Crippen LogP contribution in [0.1, 0.15) is 32.5 Å². The molecule has 0 aliphatic carbocycles. The van der Waals surface area contributed by atoms with Gasteiger partial charge < -0.3 is 10.2 Å². The fourth-order valence-corrected chi connectivity index (χ4v) is 1.94. The third kappa shape index (κ3) is 3.26. The van der Waals surface area contributed by atoms with E-state index in [1.54, 1.807) is 0 Å². The molecule has 0 fully saturated rings. The van der Waals surface area contributed by atoms with Gasteiger partial charge in [-0.25, -0.2) is 9.97 Å². The zero-order valence-electron chi connectivity index (χ0n) is 12.6. The molecule has 106 valence electrons. The first kappa shape index (κ1) is 14.3. The summed E-state index contributed by atoms with van der Waals surface area (Å²) in [6, 6.07) is 12.2. The smallest absolute Gasteiger partial charge is 0.138 e. The maximum atomic E-state index is 4.67. The monoisotopic (exact) mass is 270 g/mol. The van der Waals surface area contributed by atoms with Crippen LogP contribution in [-0.4, -0.2) is 23.6 Å². The fourth-order valence-electron chi connectivity index (χ4n) is 1.94. The van der Waals surface area contributed by atoms with Gasteiger partial charge in [0.2, 0.25) is 0 Å². The van der Waals surface area contributed by atoms with Crippen molar-refractivity contribution in [3.63, 3.8) is 0 Å². The highest BCUT2D eigenvalue weighted by atomic mass is 15.2. The van der Waals surface area contributed by atoms with E-state index >= 15 is 0 Å². The lowest BCUT2D eigenvalue weighted by molar-refractivity contribution is 0.773. The lowest BCUT2D eigenvalue weighted by Crippen LogP contribution is -2.14. The van der Waals surface area contributed by atoms with Crippen LogP contribution in [0.5, 0.6) is 0 Å². The third-order valence-corrected chi connectivity index (χ3v) is 3.09. The van der Waals surface area contributed by atoms with Gasteiger partial charge in [0.15, 0.2) is 0 Å². The molecule has 0 aliphatic rings. The quantitative estimate of drug-likeness (QED) is 0.897. The molecule has 0 unspecified atom stereocenters. The van der Waals surface area contributed by atoms with E-state index < -0.39 is 0 Å². The molecule has 1 aromatic heterocycles. The predicted molar refractivity (Wildman–Crippen MR) is 84.8 cm³/mol. The number of benzene rings is 1. The summed E-state index contributed by atoms with van der Waals surface area (Å²) in [5.74, 6) is 2.95. The summed E-state index contributed by atoms with van der Waals surface area (Å²) in [4.78, 5) is 11.3. The summed E-state index contributed by atoms with van der Waals surface area (Å²) in [5, 5.41) is 3.27. The van der Waals surface area contributed by atoms with Gasteiger partial charge in [0.25, 0.3) is 0 Å². The Morgan fingerprint density at radius 2 is 1.85 bits per heavy atom. The van der Waals surface area contributed by atoms with Crippen molar-refractivity contribution in [2.45, 2.75) is 26.7 Å². The van der Waals surface area contributed by atoms with Crippen molar-refractivity contribution in [2.75, 3.05) is 23.8 Å². The molecule has 1 heterocycles. The molecular weight excluding hydrogens is 248 g/mol. The zero-order valence-corrected chi connectivity index (χ0v) is 12.6. The second-order valence-electron chi connectivity index (χ2n) is 5.05. The zero-order chi connectivity index (χ0) is 14.5.